The molecule has 0 N–H and O–H groups in total. The zero-order valence-electron chi connectivity index (χ0n) is 23.5. The molecule has 0 bridgehead atoms. The van der Waals surface area contributed by atoms with E-state index in [1.54, 1.807) is 0 Å². The highest BCUT2D eigenvalue weighted by Crippen LogP contribution is 2.36. The van der Waals surface area contributed by atoms with Crippen molar-refractivity contribution in [2.45, 2.75) is 13.8 Å². The number of hydrogen-bond donors (Lipinski definition) is 0. The average Bonchev–Trinajstić information content (AvgIpc) is 3.64. The van der Waals surface area contributed by atoms with Gasteiger partial charge in [0.25, 0.3) is 0 Å². The maximum atomic E-state index is 6.53. The van der Waals surface area contributed by atoms with Crippen molar-refractivity contribution in [3.8, 4) is 22.8 Å². The average molecular weight is 557 g/mol. The Morgan fingerprint density at radius 1 is 0.605 bits per heavy atom. The monoisotopic (exact) mass is 556 g/mol. The highest BCUT2D eigenvalue weighted by atomic mass is 16.5. The number of benzene rings is 3. The second-order valence-corrected chi connectivity index (χ2v) is 10.9. The smallest absolute Gasteiger partial charge is 0.147 e. The van der Waals surface area contributed by atoms with Crippen LogP contribution in [-0.4, -0.2) is 28.7 Å². The minimum Gasteiger partial charge on any atom is -0.457 e. The third-order valence-corrected chi connectivity index (χ3v) is 8.41. The number of aromatic nitrogens is 6. The summed E-state index contributed by atoms with van der Waals surface area (Å²) >= 11 is 0. The molecule has 0 unspecified atom stereocenters. The molecule has 204 valence electrons. The van der Waals surface area contributed by atoms with Gasteiger partial charge < -0.3 is 4.74 Å². The van der Waals surface area contributed by atoms with E-state index in [1.807, 2.05) is 61.8 Å². The third kappa shape index (κ3) is 3.48. The molecule has 0 aliphatic heterocycles. The molecule has 9 aromatic rings. The molecule has 6 aromatic heterocycles. The van der Waals surface area contributed by atoms with Crippen LogP contribution in [-0.2, 0) is 0 Å². The van der Waals surface area contributed by atoms with Crippen LogP contribution in [0, 0.1) is 13.8 Å². The lowest BCUT2D eigenvalue weighted by Gasteiger charge is -2.12. The summed E-state index contributed by atoms with van der Waals surface area (Å²) in [4.78, 5) is 19.5. The molecule has 9 rings (SSSR count). The lowest BCUT2D eigenvalue weighted by atomic mass is 10.1. The number of imidazole rings is 2. The summed E-state index contributed by atoms with van der Waals surface area (Å²) in [5.41, 5.74) is 8.67. The Bertz CT molecular complexity index is 2560. The number of nitrogens with zero attached hydrogens (tertiary/aromatic N) is 6. The van der Waals surface area contributed by atoms with E-state index in [2.05, 4.69) is 70.5 Å². The van der Waals surface area contributed by atoms with Gasteiger partial charge in [-0.2, -0.15) is 0 Å². The van der Waals surface area contributed by atoms with Crippen LogP contribution in [0.3, 0.4) is 0 Å². The zero-order chi connectivity index (χ0) is 28.7. The van der Waals surface area contributed by atoms with Crippen LogP contribution in [0.2, 0.25) is 0 Å². The number of pyridine rings is 4. The third-order valence-electron chi connectivity index (χ3n) is 8.41. The second-order valence-electron chi connectivity index (χ2n) is 10.9. The molecule has 6 heterocycles. The van der Waals surface area contributed by atoms with Crippen molar-refractivity contribution in [2.75, 3.05) is 0 Å². The van der Waals surface area contributed by atoms with Crippen molar-refractivity contribution in [2.24, 2.45) is 0 Å². The first-order valence-electron chi connectivity index (χ1n) is 14.2. The molecule has 0 saturated carbocycles. The lowest BCUT2D eigenvalue weighted by Crippen LogP contribution is -1.95. The molecule has 0 amide bonds. The first-order chi connectivity index (χ1) is 21.1. The van der Waals surface area contributed by atoms with E-state index in [4.69, 9.17) is 24.7 Å². The fraction of sp³-hybridized carbons (Fsp3) is 0.0556. The summed E-state index contributed by atoms with van der Waals surface area (Å²) in [6.45, 7) is 4.15. The lowest BCUT2D eigenvalue weighted by molar-refractivity contribution is 0.484. The quantitative estimate of drug-likeness (QED) is 0.204. The SMILES string of the molecule is Cc1nc2c3cc(Oc4ccc5c6cccnc6n6cc(-c7ccccc7)nc6c5c4)ccc3c3ncccc3n2c1C. The van der Waals surface area contributed by atoms with Gasteiger partial charge in [0.15, 0.2) is 0 Å². The Morgan fingerprint density at radius 3 is 2.19 bits per heavy atom. The zero-order valence-corrected chi connectivity index (χ0v) is 23.5. The van der Waals surface area contributed by atoms with Gasteiger partial charge in [-0.15, -0.1) is 0 Å². The van der Waals surface area contributed by atoms with Gasteiger partial charge in [0.2, 0.25) is 0 Å². The summed E-state index contributed by atoms with van der Waals surface area (Å²) < 4.78 is 10.8. The molecule has 0 saturated heterocycles. The minimum absolute atomic E-state index is 0.729. The molecular formula is C36H24N6O. The molecule has 0 radical (unpaired) electrons. The highest BCUT2D eigenvalue weighted by Gasteiger charge is 2.17. The molecular weight excluding hydrogens is 532 g/mol. The Kier molecular flexibility index (Phi) is 4.90. The predicted molar refractivity (Wildman–Crippen MR) is 171 cm³/mol. The molecule has 7 nitrogen and oxygen atoms in total. The fourth-order valence-corrected chi connectivity index (χ4v) is 6.27. The molecule has 0 fully saturated rings. The maximum absolute atomic E-state index is 6.53. The van der Waals surface area contributed by atoms with Crippen molar-refractivity contribution < 1.29 is 4.74 Å². The number of ether oxygens (including phenoxy) is 1. The van der Waals surface area contributed by atoms with Crippen molar-refractivity contribution in [3.05, 3.63) is 121 Å². The van der Waals surface area contributed by atoms with Gasteiger partial charge in [0, 0.05) is 51.4 Å². The van der Waals surface area contributed by atoms with Crippen LogP contribution < -0.4 is 4.74 Å². The number of fused-ring (bicyclic) bond motifs is 12. The first-order valence-corrected chi connectivity index (χ1v) is 14.2. The Hall–Kier alpha value is -5.82. The second kappa shape index (κ2) is 8.84. The van der Waals surface area contributed by atoms with Crippen LogP contribution in [0.15, 0.2) is 110 Å². The van der Waals surface area contributed by atoms with E-state index in [0.29, 0.717) is 0 Å². The molecule has 0 spiro atoms. The highest BCUT2D eigenvalue weighted by molar-refractivity contribution is 6.12. The van der Waals surface area contributed by atoms with Crippen molar-refractivity contribution in [1.29, 1.82) is 0 Å². The van der Waals surface area contributed by atoms with E-state index < -0.39 is 0 Å². The van der Waals surface area contributed by atoms with Gasteiger partial charge in [0.1, 0.15) is 28.4 Å². The topological polar surface area (TPSA) is 69.6 Å². The summed E-state index contributed by atoms with van der Waals surface area (Å²) in [6.07, 6.45) is 5.73. The summed E-state index contributed by atoms with van der Waals surface area (Å²) in [7, 11) is 0. The van der Waals surface area contributed by atoms with Crippen molar-refractivity contribution in [1.82, 2.24) is 28.7 Å². The molecule has 7 heteroatoms. The maximum Gasteiger partial charge on any atom is 0.147 e. The van der Waals surface area contributed by atoms with Gasteiger partial charge in [-0.25, -0.2) is 15.0 Å². The van der Waals surface area contributed by atoms with Gasteiger partial charge in [-0.3, -0.25) is 13.8 Å². The van der Waals surface area contributed by atoms with Crippen molar-refractivity contribution >= 4 is 54.9 Å². The van der Waals surface area contributed by atoms with Crippen molar-refractivity contribution in [3.63, 3.8) is 0 Å². The number of aryl methyl sites for hydroxylation is 2. The van der Waals surface area contributed by atoms with Crippen LogP contribution in [0.1, 0.15) is 11.4 Å². The molecule has 3 aromatic carbocycles. The van der Waals surface area contributed by atoms with Crippen LogP contribution in [0.5, 0.6) is 11.5 Å². The Labute approximate surface area is 245 Å². The van der Waals surface area contributed by atoms with Gasteiger partial charge in [-0.05, 0) is 79.9 Å². The van der Waals surface area contributed by atoms with E-state index in [9.17, 15) is 0 Å². The first kappa shape index (κ1) is 23.8. The molecule has 0 atom stereocenters. The van der Waals surface area contributed by atoms with Crippen LogP contribution >= 0.6 is 0 Å². The normalized spacial score (nSPS) is 12.0. The largest absolute Gasteiger partial charge is 0.457 e. The molecule has 0 aliphatic carbocycles. The van der Waals surface area contributed by atoms with Crippen LogP contribution in [0.4, 0.5) is 0 Å². The van der Waals surface area contributed by atoms with E-state index in [1.165, 1.54) is 0 Å². The van der Waals surface area contributed by atoms with E-state index >= 15 is 0 Å². The van der Waals surface area contributed by atoms with E-state index in [-0.39, 0.29) is 0 Å². The minimum atomic E-state index is 0.729. The number of hydrogen-bond acceptors (Lipinski definition) is 5. The van der Waals surface area contributed by atoms with Gasteiger partial charge >= 0.3 is 0 Å². The summed E-state index contributed by atoms with van der Waals surface area (Å²) in [5.74, 6) is 1.46. The standard InChI is InChI=1S/C36H24N6O/c1-21-22(2)42-32-11-7-16-37-33(32)27-15-13-25(19-30(27)36(42)39-21)43-24-12-14-26-28-10-6-17-38-34(28)41-20-31(23-8-4-3-5-9-23)40-35(41)29(26)18-24/h3-20H,1-2H3. The molecule has 43 heavy (non-hydrogen) atoms. The number of rotatable bonds is 3. The van der Waals surface area contributed by atoms with Gasteiger partial charge in [0.05, 0.1) is 22.4 Å². The predicted octanol–water partition coefficient (Wildman–Crippen LogP) is 8.46. The Morgan fingerprint density at radius 2 is 1.35 bits per heavy atom. The van der Waals surface area contributed by atoms with Gasteiger partial charge in [-0.1, -0.05) is 30.3 Å². The molecule has 0 aliphatic rings. The van der Waals surface area contributed by atoms with Crippen LogP contribution in [0.25, 0.3) is 66.2 Å². The summed E-state index contributed by atoms with van der Waals surface area (Å²) in [6, 6.07) is 30.7. The Balaban J connectivity index is 1.23. The summed E-state index contributed by atoms with van der Waals surface area (Å²) in [5, 5.41) is 5.18. The van der Waals surface area contributed by atoms with E-state index in [0.717, 1.165) is 89.1 Å². The fourth-order valence-electron chi connectivity index (χ4n) is 6.27.